The lowest BCUT2D eigenvalue weighted by Gasteiger charge is -2.29. The molecular weight excluding hydrogens is 356 g/mol. The first-order valence-electron chi connectivity index (χ1n) is 10.4. The third-order valence-electron chi connectivity index (χ3n) is 6.08. The molecule has 0 aliphatic heterocycles. The van der Waals surface area contributed by atoms with Gasteiger partial charge < -0.3 is 15.7 Å². The van der Waals surface area contributed by atoms with Gasteiger partial charge >= 0.3 is 5.97 Å². The van der Waals surface area contributed by atoms with Gasteiger partial charge in [-0.2, -0.15) is 0 Å². The van der Waals surface area contributed by atoms with E-state index in [-0.39, 0.29) is 35.3 Å². The van der Waals surface area contributed by atoms with Gasteiger partial charge in [0.15, 0.2) is 0 Å². The maximum absolute atomic E-state index is 12.4. The molecule has 6 nitrogen and oxygen atoms in total. The Labute approximate surface area is 166 Å². The summed E-state index contributed by atoms with van der Waals surface area (Å²) in [4.78, 5) is 35.5. The zero-order valence-electron chi connectivity index (χ0n) is 16.3. The molecule has 0 unspecified atom stereocenters. The third kappa shape index (κ3) is 5.57. The highest BCUT2D eigenvalue weighted by molar-refractivity contribution is 5.87. The Balaban J connectivity index is 1.34. The number of carbonyl (C=O) groups excluding carboxylic acids is 2. The second-order valence-corrected chi connectivity index (χ2v) is 8.08. The average Bonchev–Trinajstić information content (AvgIpc) is 3.24. The highest BCUT2D eigenvalue weighted by Crippen LogP contribution is 2.27. The molecule has 1 aromatic carbocycles. The highest BCUT2D eigenvalue weighted by atomic mass is 16.4. The largest absolute Gasteiger partial charge is 0.478 e. The van der Waals surface area contributed by atoms with Crippen LogP contribution in [0.5, 0.6) is 0 Å². The molecule has 0 aromatic heterocycles. The predicted octanol–water partition coefficient (Wildman–Crippen LogP) is 2.91. The molecule has 28 heavy (non-hydrogen) atoms. The first-order chi connectivity index (χ1) is 13.5. The van der Waals surface area contributed by atoms with E-state index in [2.05, 4.69) is 10.6 Å². The van der Waals surface area contributed by atoms with Crippen LogP contribution in [0.1, 0.15) is 67.3 Å². The summed E-state index contributed by atoms with van der Waals surface area (Å²) >= 11 is 0. The quantitative estimate of drug-likeness (QED) is 0.671. The van der Waals surface area contributed by atoms with Gasteiger partial charge in [0.25, 0.3) is 0 Å². The molecule has 6 heteroatoms. The Bertz CT molecular complexity index is 687. The van der Waals surface area contributed by atoms with E-state index in [1.165, 1.54) is 0 Å². The van der Waals surface area contributed by atoms with Crippen LogP contribution in [-0.2, 0) is 16.0 Å². The zero-order chi connectivity index (χ0) is 19.9. The normalized spacial score (nSPS) is 22.6. The van der Waals surface area contributed by atoms with Crippen molar-refractivity contribution >= 4 is 17.8 Å². The van der Waals surface area contributed by atoms with Crippen molar-refractivity contribution in [3.63, 3.8) is 0 Å². The van der Waals surface area contributed by atoms with E-state index in [4.69, 9.17) is 5.11 Å². The maximum atomic E-state index is 12.4. The predicted molar refractivity (Wildman–Crippen MR) is 106 cm³/mol. The van der Waals surface area contributed by atoms with Gasteiger partial charge in [0.05, 0.1) is 5.56 Å². The Morgan fingerprint density at radius 3 is 2.07 bits per heavy atom. The maximum Gasteiger partial charge on any atom is 0.335 e. The number of amides is 2. The molecule has 2 aliphatic rings. The summed E-state index contributed by atoms with van der Waals surface area (Å²) in [6.07, 6.45) is 8.40. The van der Waals surface area contributed by atoms with Crippen LogP contribution in [0, 0.1) is 11.8 Å². The van der Waals surface area contributed by atoms with E-state index in [1.807, 2.05) is 0 Å². The van der Waals surface area contributed by atoms with E-state index in [0.29, 0.717) is 13.0 Å². The number of hydrogen-bond donors (Lipinski definition) is 3. The van der Waals surface area contributed by atoms with E-state index < -0.39 is 5.97 Å². The Morgan fingerprint density at radius 1 is 0.857 bits per heavy atom. The van der Waals surface area contributed by atoms with Crippen molar-refractivity contribution in [1.29, 1.82) is 0 Å². The Morgan fingerprint density at radius 2 is 1.46 bits per heavy atom. The first-order valence-corrected chi connectivity index (χ1v) is 10.4. The molecule has 3 N–H and O–H groups in total. The van der Waals surface area contributed by atoms with Gasteiger partial charge in [-0.15, -0.1) is 0 Å². The van der Waals surface area contributed by atoms with Crippen LogP contribution >= 0.6 is 0 Å². The number of aromatic carboxylic acids is 1. The van der Waals surface area contributed by atoms with Crippen LogP contribution in [0.15, 0.2) is 24.3 Å². The summed E-state index contributed by atoms with van der Waals surface area (Å²) < 4.78 is 0. The van der Waals surface area contributed by atoms with Gasteiger partial charge in [0.2, 0.25) is 11.8 Å². The molecule has 2 amide bonds. The SMILES string of the molecule is O=C(O)c1ccc(CCNC(=O)C2CCC(NC(=O)C3CCCC3)CC2)cc1. The molecular formula is C22H30N2O4. The lowest BCUT2D eigenvalue weighted by Crippen LogP contribution is -2.42. The van der Waals surface area contributed by atoms with E-state index in [1.54, 1.807) is 24.3 Å². The fourth-order valence-electron chi connectivity index (χ4n) is 4.30. The number of rotatable bonds is 7. The number of nitrogens with one attached hydrogen (secondary N) is 2. The number of hydrogen-bond acceptors (Lipinski definition) is 3. The summed E-state index contributed by atoms with van der Waals surface area (Å²) in [6.45, 7) is 0.545. The molecule has 152 valence electrons. The number of benzene rings is 1. The van der Waals surface area contributed by atoms with Crippen LogP contribution in [0.3, 0.4) is 0 Å². The Kier molecular flexibility index (Phi) is 7.06. The molecule has 2 aliphatic carbocycles. The van der Waals surface area contributed by atoms with Gasteiger partial charge in [-0.1, -0.05) is 25.0 Å². The molecule has 0 heterocycles. The molecule has 2 saturated carbocycles. The smallest absolute Gasteiger partial charge is 0.335 e. The van der Waals surface area contributed by atoms with Gasteiger partial charge in [-0.3, -0.25) is 9.59 Å². The number of carboxylic acid groups (broad SMARTS) is 1. The molecule has 3 rings (SSSR count). The monoisotopic (exact) mass is 386 g/mol. The topological polar surface area (TPSA) is 95.5 Å². The van der Waals surface area contributed by atoms with Crippen molar-refractivity contribution < 1.29 is 19.5 Å². The molecule has 0 atom stereocenters. The number of carboxylic acids is 1. The van der Waals surface area contributed by atoms with Crippen LogP contribution in [0.4, 0.5) is 0 Å². The van der Waals surface area contributed by atoms with Crippen LogP contribution in [0.25, 0.3) is 0 Å². The van der Waals surface area contributed by atoms with Crippen molar-refractivity contribution in [2.45, 2.75) is 63.8 Å². The standard InChI is InChI=1S/C22H30N2O4/c25-20(23-14-13-15-5-7-18(8-6-15)22(27)28)17-9-11-19(12-10-17)24-21(26)16-3-1-2-4-16/h5-8,16-17,19H,1-4,9-14H2,(H,23,25)(H,24,26)(H,27,28). The van der Waals surface area contributed by atoms with Gasteiger partial charge in [0.1, 0.15) is 0 Å². The summed E-state index contributed by atoms with van der Waals surface area (Å²) in [6, 6.07) is 6.95. The minimum Gasteiger partial charge on any atom is -0.478 e. The van der Waals surface area contributed by atoms with E-state index in [0.717, 1.165) is 56.9 Å². The zero-order valence-corrected chi connectivity index (χ0v) is 16.3. The highest BCUT2D eigenvalue weighted by Gasteiger charge is 2.29. The summed E-state index contributed by atoms with van der Waals surface area (Å²) in [5.41, 5.74) is 1.27. The second kappa shape index (κ2) is 9.71. The average molecular weight is 386 g/mol. The van der Waals surface area contributed by atoms with E-state index in [9.17, 15) is 14.4 Å². The summed E-state index contributed by atoms with van der Waals surface area (Å²) in [5.74, 6) is -0.420. The minimum absolute atomic E-state index is 0.0222. The van der Waals surface area contributed by atoms with Crippen LogP contribution in [-0.4, -0.2) is 35.5 Å². The van der Waals surface area contributed by atoms with E-state index >= 15 is 0 Å². The number of carbonyl (C=O) groups is 3. The molecule has 0 radical (unpaired) electrons. The molecule has 0 bridgehead atoms. The Hall–Kier alpha value is -2.37. The molecule has 0 saturated heterocycles. The van der Waals surface area contributed by atoms with Crippen molar-refractivity contribution in [3.8, 4) is 0 Å². The van der Waals surface area contributed by atoms with Crippen LogP contribution < -0.4 is 10.6 Å². The molecule has 2 fully saturated rings. The fourth-order valence-corrected chi connectivity index (χ4v) is 4.30. The lowest BCUT2D eigenvalue weighted by atomic mass is 9.85. The van der Waals surface area contributed by atoms with Crippen molar-refractivity contribution in [2.75, 3.05) is 6.54 Å². The molecule has 1 aromatic rings. The lowest BCUT2D eigenvalue weighted by molar-refractivity contribution is -0.126. The van der Waals surface area contributed by atoms with Gasteiger partial charge in [0, 0.05) is 24.4 Å². The first kappa shape index (κ1) is 20.4. The van der Waals surface area contributed by atoms with Gasteiger partial charge in [-0.05, 0) is 62.6 Å². The van der Waals surface area contributed by atoms with Crippen molar-refractivity contribution in [2.24, 2.45) is 11.8 Å². The van der Waals surface area contributed by atoms with Crippen molar-refractivity contribution in [1.82, 2.24) is 10.6 Å². The third-order valence-corrected chi connectivity index (χ3v) is 6.08. The van der Waals surface area contributed by atoms with Crippen LogP contribution in [0.2, 0.25) is 0 Å². The second-order valence-electron chi connectivity index (χ2n) is 8.08. The van der Waals surface area contributed by atoms with Gasteiger partial charge in [-0.25, -0.2) is 4.79 Å². The summed E-state index contributed by atoms with van der Waals surface area (Å²) in [7, 11) is 0. The fraction of sp³-hybridized carbons (Fsp3) is 0.591. The summed E-state index contributed by atoms with van der Waals surface area (Å²) in [5, 5.41) is 15.1. The van der Waals surface area contributed by atoms with Crippen molar-refractivity contribution in [3.05, 3.63) is 35.4 Å². The molecule has 0 spiro atoms. The minimum atomic E-state index is -0.935.